The Labute approximate surface area is 212 Å². The van der Waals surface area contributed by atoms with Crippen LogP contribution in [0.4, 0.5) is 14.9 Å². The smallest absolute Gasteiger partial charge is 0.410 e. The Balaban J connectivity index is 2.06. The normalized spacial score (nSPS) is 16.1. The second kappa shape index (κ2) is 12.4. The number of amides is 1. The van der Waals surface area contributed by atoms with Crippen LogP contribution in [0.1, 0.15) is 53.0 Å². The number of alkyl halides is 1. The number of morpholine rings is 1. The number of carbonyl (C=O) groups is 3. The maximum atomic E-state index is 14.5. The Morgan fingerprint density at radius 2 is 1.69 bits per heavy atom. The Morgan fingerprint density at radius 1 is 1.11 bits per heavy atom. The number of ether oxygens (including phenoxy) is 3. The highest BCUT2D eigenvalue weighted by Crippen LogP contribution is 2.23. The van der Waals surface area contributed by atoms with Gasteiger partial charge in [0.2, 0.25) is 0 Å². The molecule has 2 atom stereocenters. The number of likely N-dealkylation sites (N-methyl/N-ethyl adjacent to an activating group) is 1. The van der Waals surface area contributed by atoms with E-state index in [1.807, 2.05) is 24.3 Å². The summed E-state index contributed by atoms with van der Waals surface area (Å²) in [6, 6.07) is 6.41. The highest BCUT2D eigenvalue weighted by Gasteiger charge is 2.38. The summed E-state index contributed by atoms with van der Waals surface area (Å²) >= 11 is 0. The lowest BCUT2D eigenvalue weighted by atomic mass is 10.00. The second-order valence-corrected chi connectivity index (χ2v) is 10.6. The quantitative estimate of drug-likeness (QED) is 0.474. The van der Waals surface area contributed by atoms with Gasteiger partial charge in [0.1, 0.15) is 17.3 Å². The fourth-order valence-electron chi connectivity index (χ4n) is 3.74. The van der Waals surface area contributed by atoms with Crippen molar-refractivity contribution in [1.29, 1.82) is 0 Å². The number of carboxylic acids is 1. The van der Waals surface area contributed by atoms with Crippen LogP contribution in [0.5, 0.6) is 0 Å². The molecule has 1 amide bonds. The summed E-state index contributed by atoms with van der Waals surface area (Å²) in [4.78, 5) is 40.5. The van der Waals surface area contributed by atoms with Gasteiger partial charge in [-0.2, -0.15) is 0 Å². The van der Waals surface area contributed by atoms with Crippen LogP contribution in [-0.4, -0.2) is 84.8 Å². The maximum absolute atomic E-state index is 14.5. The number of benzene rings is 1. The number of hydrogen-bond donors (Lipinski definition) is 1. The van der Waals surface area contributed by atoms with Crippen LogP contribution < -0.4 is 4.90 Å². The lowest BCUT2D eigenvalue weighted by Crippen LogP contribution is -2.49. The van der Waals surface area contributed by atoms with Gasteiger partial charge in [-0.15, -0.1) is 0 Å². The molecule has 0 aliphatic carbocycles. The van der Waals surface area contributed by atoms with Gasteiger partial charge in [0, 0.05) is 32.2 Å². The molecule has 1 fully saturated rings. The van der Waals surface area contributed by atoms with Crippen LogP contribution in [0, 0.1) is 0 Å². The average molecular weight is 511 g/mol. The van der Waals surface area contributed by atoms with Gasteiger partial charge in [0.15, 0.2) is 6.10 Å². The van der Waals surface area contributed by atoms with E-state index in [2.05, 4.69) is 4.90 Å². The van der Waals surface area contributed by atoms with E-state index < -0.39 is 41.4 Å². The van der Waals surface area contributed by atoms with Gasteiger partial charge in [-0.05, 0) is 65.2 Å². The summed E-state index contributed by atoms with van der Waals surface area (Å²) in [6.07, 6.45) is -2.28. The average Bonchev–Trinajstić information content (AvgIpc) is 2.78. The van der Waals surface area contributed by atoms with Crippen molar-refractivity contribution in [3.05, 3.63) is 29.8 Å². The maximum Gasteiger partial charge on any atom is 0.410 e. The molecule has 10 heteroatoms. The molecule has 1 saturated heterocycles. The predicted molar refractivity (Wildman–Crippen MR) is 133 cm³/mol. The molecule has 1 aliphatic heterocycles. The summed E-state index contributed by atoms with van der Waals surface area (Å²) in [6.45, 7) is 10.5. The molecule has 1 N–H and O–H groups in total. The highest BCUT2D eigenvalue weighted by atomic mass is 19.1. The molecule has 36 heavy (non-hydrogen) atoms. The number of carbonyl (C=O) groups excluding carboxylic acids is 2. The summed E-state index contributed by atoms with van der Waals surface area (Å²) in [5, 5.41) is 9.65. The lowest BCUT2D eigenvalue weighted by molar-refractivity contribution is -0.168. The number of aliphatic carboxylic acids is 1. The Morgan fingerprint density at radius 3 is 2.19 bits per heavy atom. The first kappa shape index (κ1) is 29.4. The minimum absolute atomic E-state index is 0.0276. The molecule has 9 nitrogen and oxygen atoms in total. The van der Waals surface area contributed by atoms with Crippen molar-refractivity contribution in [2.24, 2.45) is 0 Å². The number of anilines is 1. The van der Waals surface area contributed by atoms with Crippen molar-refractivity contribution in [1.82, 2.24) is 4.90 Å². The molecule has 0 spiro atoms. The molecular formula is C26H39FN2O7. The number of aryl methyl sites for hydroxylation is 1. The lowest BCUT2D eigenvalue weighted by Gasteiger charge is -2.32. The zero-order chi connectivity index (χ0) is 27.1. The van der Waals surface area contributed by atoms with Crippen LogP contribution in [0.2, 0.25) is 0 Å². The number of halogens is 1. The topological polar surface area (TPSA) is 106 Å². The number of hydrogen-bond acceptors (Lipinski definition) is 7. The van der Waals surface area contributed by atoms with Crippen molar-refractivity contribution >= 4 is 23.7 Å². The van der Waals surface area contributed by atoms with Crippen LogP contribution >= 0.6 is 0 Å². The standard InChI is InChI=1S/C26H39FN2O7/c1-25(2,3)36-24(33)28(6)20(17-26(4,5)27)23(32)35-21(22(30)31)12-9-18-7-10-19(11-8-18)29-13-15-34-16-14-29/h7-8,10-11,20-21H,9,12-17H2,1-6H3,(H,30,31)/t20-,21+/m0/s1. The van der Waals surface area contributed by atoms with Gasteiger partial charge < -0.3 is 24.2 Å². The van der Waals surface area contributed by atoms with Gasteiger partial charge in [-0.1, -0.05) is 12.1 Å². The Hall–Kier alpha value is -2.88. The van der Waals surface area contributed by atoms with Crippen molar-refractivity contribution in [2.75, 3.05) is 38.3 Å². The summed E-state index contributed by atoms with van der Waals surface area (Å²) in [7, 11) is 1.30. The SMILES string of the molecule is CN(C(=O)OC(C)(C)C)[C@@H](CC(C)(C)F)C(=O)O[C@H](CCc1ccc(N2CCOCC2)cc1)C(=O)O. The highest BCUT2D eigenvalue weighted by molar-refractivity contribution is 5.84. The van der Waals surface area contributed by atoms with Gasteiger partial charge in [0.25, 0.3) is 0 Å². The zero-order valence-corrected chi connectivity index (χ0v) is 22.1. The largest absolute Gasteiger partial charge is 0.479 e. The first-order valence-corrected chi connectivity index (χ1v) is 12.2. The monoisotopic (exact) mass is 510 g/mol. The minimum Gasteiger partial charge on any atom is -0.479 e. The summed E-state index contributed by atoms with van der Waals surface area (Å²) < 4.78 is 30.4. The van der Waals surface area contributed by atoms with Crippen LogP contribution in [0.25, 0.3) is 0 Å². The molecule has 1 aromatic rings. The third-order valence-corrected chi connectivity index (χ3v) is 5.64. The second-order valence-electron chi connectivity index (χ2n) is 10.6. The van der Waals surface area contributed by atoms with Gasteiger partial charge >= 0.3 is 18.0 Å². The number of esters is 1. The predicted octanol–water partition coefficient (Wildman–Crippen LogP) is 3.83. The van der Waals surface area contributed by atoms with Crippen LogP contribution in [0.15, 0.2) is 24.3 Å². The van der Waals surface area contributed by atoms with Crippen LogP contribution in [0.3, 0.4) is 0 Å². The number of carboxylic acid groups (broad SMARTS) is 1. The van der Waals surface area contributed by atoms with Gasteiger partial charge in [0.05, 0.1) is 13.2 Å². The molecule has 1 aliphatic rings. The molecule has 202 valence electrons. The summed E-state index contributed by atoms with van der Waals surface area (Å²) in [5.41, 5.74) is -0.695. The zero-order valence-electron chi connectivity index (χ0n) is 22.1. The third kappa shape index (κ3) is 9.64. The van der Waals surface area contributed by atoms with Crippen molar-refractivity contribution in [3.8, 4) is 0 Å². The molecule has 0 saturated carbocycles. The molecule has 0 radical (unpaired) electrons. The number of rotatable bonds is 10. The molecule has 0 unspecified atom stereocenters. The molecule has 2 rings (SSSR count). The van der Waals surface area contributed by atoms with Gasteiger partial charge in [-0.3, -0.25) is 4.90 Å². The first-order chi connectivity index (χ1) is 16.7. The molecule has 1 heterocycles. The Kier molecular flexibility index (Phi) is 10.1. The van der Waals surface area contributed by atoms with E-state index >= 15 is 0 Å². The van der Waals surface area contributed by atoms with E-state index in [9.17, 15) is 23.9 Å². The fraction of sp³-hybridized carbons (Fsp3) is 0.654. The van der Waals surface area contributed by atoms with Crippen LogP contribution in [-0.2, 0) is 30.2 Å². The van der Waals surface area contributed by atoms with Crippen molar-refractivity contribution < 1.29 is 38.1 Å². The number of nitrogens with zero attached hydrogens (tertiary/aromatic N) is 2. The molecule has 1 aromatic carbocycles. The summed E-state index contributed by atoms with van der Waals surface area (Å²) in [5.74, 6) is -2.31. The van der Waals surface area contributed by atoms with E-state index in [1.165, 1.54) is 20.9 Å². The van der Waals surface area contributed by atoms with E-state index in [0.29, 0.717) is 19.6 Å². The minimum atomic E-state index is -1.82. The van der Waals surface area contributed by atoms with E-state index in [-0.39, 0.29) is 12.8 Å². The molecule has 0 bridgehead atoms. The molecule has 0 aromatic heterocycles. The van der Waals surface area contributed by atoms with Crippen molar-refractivity contribution in [3.63, 3.8) is 0 Å². The van der Waals surface area contributed by atoms with E-state index in [4.69, 9.17) is 14.2 Å². The molecular weight excluding hydrogens is 471 g/mol. The van der Waals surface area contributed by atoms with E-state index in [0.717, 1.165) is 29.2 Å². The third-order valence-electron chi connectivity index (χ3n) is 5.64. The van der Waals surface area contributed by atoms with E-state index in [1.54, 1.807) is 20.8 Å². The Bertz CT molecular complexity index is 887. The fourth-order valence-corrected chi connectivity index (χ4v) is 3.74. The van der Waals surface area contributed by atoms with Crippen molar-refractivity contribution in [2.45, 2.75) is 77.3 Å². The first-order valence-electron chi connectivity index (χ1n) is 12.2. The van der Waals surface area contributed by atoms with Gasteiger partial charge in [-0.25, -0.2) is 18.8 Å².